The van der Waals surface area contributed by atoms with Gasteiger partial charge < -0.3 is 0 Å². The van der Waals surface area contributed by atoms with Gasteiger partial charge in [0.2, 0.25) is 0 Å². The molecule has 0 amide bonds. The fraction of sp³-hybridized carbons (Fsp3) is 0.368. The van der Waals surface area contributed by atoms with Crippen LogP contribution in [0.2, 0.25) is 0 Å². The molecule has 1 fully saturated rings. The summed E-state index contributed by atoms with van der Waals surface area (Å²) in [5.41, 5.74) is 0.716. The predicted molar refractivity (Wildman–Crippen MR) is 103 cm³/mol. The van der Waals surface area contributed by atoms with E-state index in [1.54, 1.807) is 12.1 Å². The minimum Gasteiger partial charge on any atom is -0.277 e. The van der Waals surface area contributed by atoms with Gasteiger partial charge in [-0.05, 0) is 54.7 Å². The summed E-state index contributed by atoms with van der Waals surface area (Å²) < 4.78 is 64.5. The number of halogens is 1. The third-order valence-corrected chi connectivity index (χ3v) is 7.37. The van der Waals surface area contributed by atoms with Crippen molar-refractivity contribution in [2.75, 3.05) is 11.0 Å². The molecule has 0 spiro atoms. The SMILES string of the molecule is CS(=O)(=O)c1ccc(F)c(NS(=O)(=O)c2ccc(C3CCCCC3)cc2)c1. The Morgan fingerprint density at radius 2 is 1.48 bits per heavy atom. The lowest BCUT2D eigenvalue weighted by molar-refractivity contribution is 0.443. The zero-order valence-corrected chi connectivity index (χ0v) is 16.6. The molecule has 0 bridgehead atoms. The van der Waals surface area contributed by atoms with Crippen molar-refractivity contribution >= 4 is 25.5 Å². The van der Waals surface area contributed by atoms with Crippen LogP contribution in [0.1, 0.15) is 43.6 Å². The highest BCUT2D eigenvalue weighted by Crippen LogP contribution is 2.33. The second kappa shape index (κ2) is 7.59. The highest BCUT2D eigenvalue weighted by molar-refractivity contribution is 7.92. The maximum absolute atomic E-state index is 14.0. The summed E-state index contributed by atoms with van der Waals surface area (Å²) in [4.78, 5) is -0.152. The van der Waals surface area contributed by atoms with Crippen molar-refractivity contribution in [3.8, 4) is 0 Å². The molecule has 1 N–H and O–H groups in total. The van der Waals surface area contributed by atoms with Crippen molar-refractivity contribution in [3.05, 3.63) is 53.8 Å². The van der Waals surface area contributed by atoms with Gasteiger partial charge in [-0.3, -0.25) is 4.72 Å². The van der Waals surface area contributed by atoms with Crippen molar-refractivity contribution in [1.29, 1.82) is 0 Å². The summed E-state index contributed by atoms with van der Waals surface area (Å²) >= 11 is 0. The Morgan fingerprint density at radius 3 is 2.07 bits per heavy atom. The van der Waals surface area contributed by atoms with Crippen LogP contribution in [0.25, 0.3) is 0 Å². The molecule has 0 radical (unpaired) electrons. The number of anilines is 1. The van der Waals surface area contributed by atoms with Crippen LogP contribution < -0.4 is 4.72 Å². The highest BCUT2D eigenvalue weighted by Gasteiger charge is 2.20. The fourth-order valence-corrected chi connectivity index (χ4v) is 5.08. The second-order valence-corrected chi connectivity index (χ2v) is 10.6. The Morgan fingerprint density at radius 1 is 0.889 bits per heavy atom. The molecule has 1 aliphatic rings. The maximum Gasteiger partial charge on any atom is 0.261 e. The summed E-state index contributed by atoms with van der Waals surface area (Å²) in [6.45, 7) is 0. The highest BCUT2D eigenvalue weighted by atomic mass is 32.2. The summed E-state index contributed by atoms with van der Waals surface area (Å²) in [6, 6.07) is 9.62. The molecule has 27 heavy (non-hydrogen) atoms. The normalized spacial score (nSPS) is 16.2. The number of benzene rings is 2. The van der Waals surface area contributed by atoms with E-state index in [4.69, 9.17) is 0 Å². The van der Waals surface area contributed by atoms with Gasteiger partial charge in [-0.25, -0.2) is 21.2 Å². The van der Waals surface area contributed by atoms with Gasteiger partial charge in [0, 0.05) is 6.26 Å². The van der Waals surface area contributed by atoms with Crippen molar-refractivity contribution in [1.82, 2.24) is 0 Å². The van der Waals surface area contributed by atoms with Gasteiger partial charge >= 0.3 is 0 Å². The Kier molecular flexibility index (Phi) is 5.58. The van der Waals surface area contributed by atoms with E-state index in [-0.39, 0.29) is 9.79 Å². The molecular weight excluding hydrogens is 389 g/mol. The Labute approximate surface area is 159 Å². The van der Waals surface area contributed by atoms with Crippen LogP contribution in [0.3, 0.4) is 0 Å². The van der Waals surface area contributed by atoms with Crippen molar-refractivity contribution in [3.63, 3.8) is 0 Å². The van der Waals surface area contributed by atoms with Crippen LogP contribution in [-0.2, 0) is 19.9 Å². The van der Waals surface area contributed by atoms with Gasteiger partial charge in [0.1, 0.15) is 5.82 Å². The van der Waals surface area contributed by atoms with E-state index >= 15 is 0 Å². The first-order chi connectivity index (χ1) is 12.7. The smallest absolute Gasteiger partial charge is 0.261 e. The van der Waals surface area contributed by atoms with Gasteiger partial charge in [0.05, 0.1) is 15.5 Å². The van der Waals surface area contributed by atoms with Crippen LogP contribution in [-0.4, -0.2) is 23.1 Å². The molecule has 8 heteroatoms. The largest absolute Gasteiger partial charge is 0.277 e. The molecule has 1 saturated carbocycles. The zero-order valence-electron chi connectivity index (χ0n) is 15.0. The quantitative estimate of drug-likeness (QED) is 0.752. The van der Waals surface area contributed by atoms with Crippen LogP contribution in [0.15, 0.2) is 52.3 Å². The molecule has 2 aromatic rings. The van der Waals surface area contributed by atoms with Gasteiger partial charge in [-0.15, -0.1) is 0 Å². The van der Waals surface area contributed by atoms with E-state index < -0.39 is 31.4 Å². The van der Waals surface area contributed by atoms with Gasteiger partial charge in [0.25, 0.3) is 10.0 Å². The summed E-state index contributed by atoms with van der Waals surface area (Å²) in [7, 11) is -7.61. The van der Waals surface area contributed by atoms with Crippen molar-refractivity contribution < 1.29 is 21.2 Å². The van der Waals surface area contributed by atoms with Crippen LogP contribution in [0.4, 0.5) is 10.1 Å². The molecule has 0 heterocycles. The molecule has 0 unspecified atom stereocenters. The average Bonchev–Trinajstić information content (AvgIpc) is 2.63. The Bertz CT molecular complexity index is 1030. The molecule has 0 atom stereocenters. The first-order valence-corrected chi connectivity index (χ1v) is 12.2. The average molecular weight is 412 g/mol. The van der Waals surface area contributed by atoms with Gasteiger partial charge in [-0.2, -0.15) is 0 Å². The summed E-state index contributed by atoms with van der Waals surface area (Å²) in [6.07, 6.45) is 6.79. The van der Waals surface area contributed by atoms with E-state index in [1.165, 1.54) is 31.4 Å². The summed E-state index contributed by atoms with van der Waals surface area (Å²) in [5, 5.41) is 0. The van der Waals surface area contributed by atoms with Crippen LogP contribution >= 0.6 is 0 Å². The topological polar surface area (TPSA) is 80.3 Å². The molecule has 0 aliphatic heterocycles. The number of sulfone groups is 1. The molecule has 146 valence electrons. The van der Waals surface area contributed by atoms with Crippen molar-refractivity contribution in [2.24, 2.45) is 0 Å². The minimum absolute atomic E-state index is 0.00576. The first-order valence-electron chi connectivity index (χ1n) is 8.79. The number of sulfonamides is 1. The lowest BCUT2D eigenvalue weighted by Gasteiger charge is -2.22. The third-order valence-electron chi connectivity index (χ3n) is 4.88. The predicted octanol–water partition coefficient (Wildman–Crippen LogP) is 4.08. The molecule has 0 saturated heterocycles. The van der Waals surface area contributed by atoms with E-state index in [1.807, 2.05) is 0 Å². The van der Waals surface area contributed by atoms with E-state index in [2.05, 4.69) is 4.72 Å². The first kappa shape index (κ1) is 19.8. The van der Waals surface area contributed by atoms with E-state index in [9.17, 15) is 21.2 Å². The monoisotopic (exact) mass is 411 g/mol. The Balaban J connectivity index is 1.85. The number of hydrogen-bond donors (Lipinski definition) is 1. The number of hydrogen-bond acceptors (Lipinski definition) is 4. The van der Waals surface area contributed by atoms with E-state index in [0.717, 1.165) is 42.9 Å². The molecule has 5 nitrogen and oxygen atoms in total. The zero-order chi connectivity index (χ0) is 19.7. The number of rotatable bonds is 5. The van der Waals surface area contributed by atoms with E-state index in [0.29, 0.717) is 5.92 Å². The van der Waals surface area contributed by atoms with Gasteiger partial charge in [0.15, 0.2) is 9.84 Å². The lowest BCUT2D eigenvalue weighted by Crippen LogP contribution is -2.15. The molecule has 2 aromatic carbocycles. The van der Waals surface area contributed by atoms with Crippen LogP contribution in [0, 0.1) is 5.82 Å². The standard InChI is InChI=1S/C19H22FNO4S2/c1-26(22,23)17-11-12-18(20)19(13-17)21-27(24,25)16-9-7-15(8-10-16)14-5-3-2-4-6-14/h7-14,21H,2-6H2,1H3. The summed E-state index contributed by atoms with van der Waals surface area (Å²) in [5.74, 6) is -0.392. The maximum atomic E-state index is 14.0. The molecule has 3 rings (SSSR count). The van der Waals surface area contributed by atoms with Crippen molar-refractivity contribution in [2.45, 2.75) is 47.8 Å². The number of nitrogens with one attached hydrogen (secondary N) is 1. The second-order valence-electron chi connectivity index (χ2n) is 6.92. The molecule has 1 aliphatic carbocycles. The van der Waals surface area contributed by atoms with Crippen LogP contribution in [0.5, 0.6) is 0 Å². The molecule has 0 aromatic heterocycles. The Hall–Kier alpha value is -1.93. The lowest BCUT2D eigenvalue weighted by atomic mass is 9.84. The molecular formula is C19H22FNO4S2. The van der Waals surface area contributed by atoms with Gasteiger partial charge in [-0.1, -0.05) is 31.4 Å². The minimum atomic E-state index is -4.03. The fourth-order valence-electron chi connectivity index (χ4n) is 3.37. The third kappa shape index (κ3) is 4.68.